The number of aromatic carboxylic acids is 1. The lowest BCUT2D eigenvalue weighted by Gasteiger charge is -2.09. The number of urea groups is 1. The lowest BCUT2D eigenvalue weighted by molar-refractivity contribution is 0.0692. The molecule has 1 aromatic carbocycles. The van der Waals surface area contributed by atoms with Crippen molar-refractivity contribution < 1.29 is 14.7 Å². The predicted molar refractivity (Wildman–Crippen MR) is 79.7 cm³/mol. The van der Waals surface area contributed by atoms with Crippen LogP contribution in [0.2, 0.25) is 0 Å². The number of hydrogen-bond donors (Lipinski definition) is 3. The molecule has 0 bridgehead atoms. The maximum Gasteiger partial charge on any atom is 0.356 e. The van der Waals surface area contributed by atoms with Gasteiger partial charge in [-0.15, -0.1) is 0 Å². The van der Waals surface area contributed by atoms with Gasteiger partial charge in [0.2, 0.25) is 0 Å². The first-order chi connectivity index (χ1) is 10.1. The minimum Gasteiger partial charge on any atom is -0.476 e. The fourth-order valence-electron chi connectivity index (χ4n) is 1.83. The third-order valence-corrected chi connectivity index (χ3v) is 2.85. The molecule has 6 heteroatoms. The molecular formula is C15H15N3O3. The van der Waals surface area contributed by atoms with Gasteiger partial charge in [-0.2, -0.15) is 0 Å². The van der Waals surface area contributed by atoms with Gasteiger partial charge in [-0.05, 0) is 36.2 Å². The summed E-state index contributed by atoms with van der Waals surface area (Å²) in [6.45, 7) is 2.02. The van der Waals surface area contributed by atoms with Crippen LogP contribution in [0.3, 0.4) is 0 Å². The van der Waals surface area contributed by atoms with Crippen molar-refractivity contribution in [2.24, 2.45) is 0 Å². The maximum absolute atomic E-state index is 11.9. The first-order valence-electron chi connectivity index (χ1n) is 6.45. The summed E-state index contributed by atoms with van der Waals surface area (Å²) in [4.78, 5) is 26.6. The fraction of sp³-hybridized carbons (Fsp3) is 0.133. The number of carbonyl (C=O) groups is 2. The molecule has 0 atom stereocenters. The molecule has 0 fully saturated rings. The van der Waals surface area contributed by atoms with E-state index in [0.29, 0.717) is 5.69 Å². The third-order valence-electron chi connectivity index (χ3n) is 2.85. The highest BCUT2D eigenvalue weighted by Gasteiger charge is 2.13. The van der Waals surface area contributed by atoms with E-state index < -0.39 is 12.0 Å². The summed E-state index contributed by atoms with van der Waals surface area (Å²) in [5.74, 6) is -1.20. The largest absolute Gasteiger partial charge is 0.476 e. The molecule has 0 saturated carbocycles. The summed E-state index contributed by atoms with van der Waals surface area (Å²) >= 11 is 0. The van der Waals surface area contributed by atoms with Crippen molar-refractivity contribution in [2.45, 2.75) is 13.3 Å². The van der Waals surface area contributed by atoms with Gasteiger partial charge in [0.1, 0.15) is 0 Å². The molecule has 0 radical (unpaired) electrons. The second-order valence-corrected chi connectivity index (χ2v) is 4.34. The number of carboxylic acid groups (broad SMARTS) is 1. The lowest BCUT2D eigenvalue weighted by Crippen LogP contribution is -2.21. The molecule has 3 N–H and O–H groups in total. The van der Waals surface area contributed by atoms with Crippen LogP contribution in [0.4, 0.5) is 16.2 Å². The number of hydrogen-bond acceptors (Lipinski definition) is 3. The van der Waals surface area contributed by atoms with E-state index >= 15 is 0 Å². The molecule has 2 aromatic rings. The van der Waals surface area contributed by atoms with Crippen LogP contribution in [0.1, 0.15) is 23.0 Å². The van der Waals surface area contributed by atoms with Crippen LogP contribution in [0.25, 0.3) is 0 Å². The number of benzene rings is 1. The Labute approximate surface area is 121 Å². The lowest BCUT2D eigenvalue weighted by atomic mass is 10.1. The zero-order chi connectivity index (χ0) is 15.2. The summed E-state index contributed by atoms with van der Waals surface area (Å²) in [6.07, 6.45) is 2.22. The number of carbonyl (C=O) groups excluding carboxylic acids is 1. The fourth-order valence-corrected chi connectivity index (χ4v) is 1.83. The molecule has 21 heavy (non-hydrogen) atoms. The summed E-state index contributed by atoms with van der Waals surface area (Å²) < 4.78 is 0. The van der Waals surface area contributed by atoms with E-state index in [2.05, 4.69) is 15.6 Å². The summed E-state index contributed by atoms with van der Waals surface area (Å²) in [7, 11) is 0. The van der Waals surface area contributed by atoms with Crippen LogP contribution in [-0.2, 0) is 6.42 Å². The Morgan fingerprint density at radius 2 is 2.00 bits per heavy atom. The van der Waals surface area contributed by atoms with Gasteiger partial charge in [0.05, 0.1) is 5.69 Å². The number of rotatable bonds is 4. The minimum atomic E-state index is -1.20. The average Bonchev–Trinajstić information content (AvgIpc) is 2.47. The standard InChI is InChI=1S/C15H15N3O3/c1-2-10-5-3-6-11(9-10)17-15(21)18-12-7-4-8-16-13(12)14(19)20/h3-9H,2H2,1H3,(H,19,20)(H2,17,18,21). The molecule has 0 saturated heterocycles. The average molecular weight is 285 g/mol. The van der Waals surface area contributed by atoms with E-state index in [1.54, 1.807) is 12.1 Å². The van der Waals surface area contributed by atoms with Gasteiger partial charge >= 0.3 is 12.0 Å². The molecule has 0 aliphatic carbocycles. The zero-order valence-corrected chi connectivity index (χ0v) is 11.5. The molecule has 1 heterocycles. The van der Waals surface area contributed by atoms with Gasteiger partial charge < -0.3 is 15.7 Å². The number of aromatic nitrogens is 1. The molecule has 2 amide bonds. The number of carboxylic acids is 1. The van der Waals surface area contributed by atoms with E-state index in [9.17, 15) is 9.59 Å². The van der Waals surface area contributed by atoms with Crippen LogP contribution in [0, 0.1) is 0 Å². The van der Waals surface area contributed by atoms with E-state index in [0.717, 1.165) is 12.0 Å². The SMILES string of the molecule is CCc1cccc(NC(=O)Nc2cccnc2C(=O)O)c1. The Bertz CT molecular complexity index is 671. The second kappa shape index (κ2) is 6.51. The first-order valence-corrected chi connectivity index (χ1v) is 6.45. The van der Waals surface area contributed by atoms with Crippen LogP contribution in [0.15, 0.2) is 42.6 Å². The summed E-state index contributed by atoms with van der Waals surface area (Å²) in [6, 6.07) is 9.96. The van der Waals surface area contributed by atoms with Gasteiger partial charge in [-0.25, -0.2) is 14.6 Å². The van der Waals surface area contributed by atoms with Crippen molar-refractivity contribution in [1.29, 1.82) is 0 Å². The number of aryl methyl sites for hydroxylation is 1. The quantitative estimate of drug-likeness (QED) is 0.805. The first kappa shape index (κ1) is 14.5. The van der Waals surface area contributed by atoms with Gasteiger partial charge in [0.25, 0.3) is 0 Å². The summed E-state index contributed by atoms with van der Waals surface area (Å²) in [5, 5.41) is 14.1. The summed E-state index contributed by atoms with van der Waals surface area (Å²) in [5.41, 5.74) is 1.69. The number of nitrogens with one attached hydrogen (secondary N) is 2. The monoisotopic (exact) mass is 285 g/mol. The van der Waals surface area contributed by atoms with Crippen molar-refractivity contribution >= 4 is 23.4 Å². The molecule has 0 spiro atoms. The smallest absolute Gasteiger partial charge is 0.356 e. The number of pyridine rings is 1. The van der Waals surface area contributed by atoms with E-state index in [1.807, 2.05) is 25.1 Å². The van der Waals surface area contributed by atoms with Crippen molar-refractivity contribution in [2.75, 3.05) is 10.6 Å². The van der Waals surface area contributed by atoms with Gasteiger partial charge in [0, 0.05) is 11.9 Å². The molecule has 108 valence electrons. The van der Waals surface area contributed by atoms with E-state index in [1.165, 1.54) is 12.3 Å². The van der Waals surface area contributed by atoms with E-state index in [4.69, 9.17) is 5.11 Å². The number of nitrogens with zero attached hydrogens (tertiary/aromatic N) is 1. The van der Waals surface area contributed by atoms with Crippen molar-refractivity contribution in [1.82, 2.24) is 4.98 Å². The zero-order valence-electron chi connectivity index (χ0n) is 11.5. The van der Waals surface area contributed by atoms with Crippen LogP contribution in [0.5, 0.6) is 0 Å². The molecule has 6 nitrogen and oxygen atoms in total. The highest BCUT2D eigenvalue weighted by Crippen LogP contribution is 2.14. The highest BCUT2D eigenvalue weighted by molar-refractivity contribution is 6.03. The molecule has 0 aliphatic heterocycles. The van der Waals surface area contributed by atoms with Crippen molar-refractivity contribution in [3.63, 3.8) is 0 Å². The molecule has 2 rings (SSSR count). The maximum atomic E-state index is 11.9. The Balaban J connectivity index is 2.10. The van der Waals surface area contributed by atoms with Crippen LogP contribution in [-0.4, -0.2) is 22.1 Å². The van der Waals surface area contributed by atoms with Crippen molar-refractivity contribution in [3.05, 3.63) is 53.9 Å². The Hall–Kier alpha value is -2.89. The van der Waals surface area contributed by atoms with Crippen molar-refractivity contribution in [3.8, 4) is 0 Å². The Morgan fingerprint density at radius 3 is 2.71 bits per heavy atom. The minimum absolute atomic E-state index is 0.147. The van der Waals surface area contributed by atoms with Gasteiger partial charge in [-0.3, -0.25) is 0 Å². The highest BCUT2D eigenvalue weighted by atomic mass is 16.4. The number of anilines is 2. The Kier molecular flexibility index (Phi) is 4.50. The van der Waals surface area contributed by atoms with E-state index in [-0.39, 0.29) is 11.4 Å². The molecule has 0 unspecified atom stereocenters. The normalized spacial score (nSPS) is 9.95. The molecular weight excluding hydrogens is 270 g/mol. The topological polar surface area (TPSA) is 91.3 Å². The molecule has 1 aromatic heterocycles. The molecule has 0 aliphatic rings. The number of amides is 2. The second-order valence-electron chi connectivity index (χ2n) is 4.34. The predicted octanol–water partition coefficient (Wildman–Crippen LogP) is 2.99. The van der Waals surface area contributed by atoms with Gasteiger partial charge in [-0.1, -0.05) is 19.1 Å². The Morgan fingerprint density at radius 1 is 1.19 bits per heavy atom. The third kappa shape index (κ3) is 3.79. The van der Waals surface area contributed by atoms with Crippen LogP contribution >= 0.6 is 0 Å². The van der Waals surface area contributed by atoms with Crippen LogP contribution < -0.4 is 10.6 Å². The van der Waals surface area contributed by atoms with Gasteiger partial charge in [0.15, 0.2) is 5.69 Å².